The summed E-state index contributed by atoms with van der Waals surface area (Å²) in [6.07, 6.45) is 4.85. The fourth-order valence-electron chi connectivity index (χ4n) is 3.92. The number of unbranched alkanes of at least 4 members (excludes halogenated alkanes) is 4. The molecule has 0 saturated carbocycles. The number of nitrogens with two attached hydrogens (primary N) is 1. The van der Waals surface area contributed by atoms with Gasteiger partial charge in [-0.3, -0.25) is 9.50 Å². The standard InChI is InChI=1S/C22H25NO7.FH/c1-3-4-5-6-7-8-12-11(2)15(19(23)24)16-13(20(25)26)9-10-14(21(27)28)17(16)18(12)22(29)30;/h9-10H,3-8H2,1-2H3,(H2,23,24)(H,25,26)(H,27,28)(H,29,30);1H. The third-order valence-electron chi connectivity index (χ3n) is 5.29. The van der Waals surface area contributed by atoms with Gasteiger partial charge < -0.3 is 21.1 Å². The summed E-state index contributed by atoms with van der Waals surface area (Å²) in [6.45, 7) is 3.59. The SMILES string of the molecule is CCCCCCCc1c(C)c(C(N)=O)c2c(C(=O)O)ccc(C(=O)O)c2c1C(=O)O.F. The molecular weight excluding hydrogens is 409 g/mol. The molecule has 9 heteroatoms. The highest BCUT2D eigenvalue weighted by atomic mass is 19.0. The molecule has 0 radical (unpaired) electrons. The van der Waals surface area contributed by atoms with Crippen molar-refractivity contribution in [2.75, 3.05) is 0 Å². The highest BCUT2D eigenvalue weighted by molar-refractivity contribution is 6.23. The number of benzene rings is 2. The van der Waals surface area contributed by atoms with Crippen LogP contribution in [0.15, 0.2) is 12.1 Å². The van der Waals surface area contributed by atoms with Crippen LogP contribution in [0.4, 0.5) is 4.70 Å². The molecule has 0 aliphatic heterocycles. The number of primary amides is 1. The van der Waals surface area contributed by atoms with E-state index in [1.165, 1.54) is 6.92 Å². The van der Waals surface area contributed by atoms with Crippen molar-refractivity contribution >= 4 is 34.6 Å². The van der Waals surface area contributed by atoms with Gasteiger partial charge in [0.05, 0.1) is 22.3 Å². The van der Waals surface area contributed by atoms with E-state index < -0.39 is 23.8 Å². The molecule has 0 saturated heterocycles. The summed E-state index contributed by atoms with van der Waals surface area (Å²) < 4.78 is 0. The molecule has 5 N–H and O–H groups in total. The smallest absolute Gasteiger partial charge is 0.336 e. The first-order valence-corrected chi connectivity index (χ1v) is 9.75. The van der Waals surface area contributed by atoms with Gasteiger partial charge in [0.15, 0.2) is 0 Å². The largest absolute Gasteiger partial charge is 0.478 e. The third kappa shape index (κ3) is 4.99. The van der Waals surface area contributed by atoms with Crippen LogP contribution in [0.1, 0.15) is 91.6 Å². The fourth-order valence-corrected chi connectivity index (χ4v) is 3.92. The summed E-state index contributed by atoms with van der Waals surface area (Å²) in [6, 6.07) is 2.10. The van der Waals surface area contributed by atoms with E-state index in [4.69, 9.17) is 5.73 Å². The Balaban J connectivity index is 0.00000480. The van der Waals surface area contributed by atoms with Crippen LogP contribution in [0.5, 0.6) is 0 Å². The molecule has 2 aromatic rings. The first kappa shape index (κ1) is 25.5. The number of carbonyl (C=O) groups is 4. The normalized spacial score (nSPS) is 10.5. The van der Waals surface area contributed by atoms with Crippen molar-refractivity contribution in [2.45, 2.75) is 52.4 Å². The number of hydrogen-bond donors (Lipinski definition) is 4. The zero-order valence-electron chi connectivity index (χ0n) is 17.4. The Bertz CT molecular complexity index is 1050. The molecule has 0 fully saturated rings. The Hall–Kier alpha value is -3.49. The first-order valence-electron chi connectivity index (χ1n) is 9.75. The van der Waals surface area contributed by atoms with Gasteiger partial charge in [0.25, 0.3) is 0 Å². The lowest BCUT2D eigenvalue weighted by molar-refractivity contribution is 0.0680. The van der Waals surface area contributed by atoms with Crippen LogP contribution in [0.25, 0.3) is 10.8 Å². The van der Waals surface area contributed by atoms with Crippen molar-refractivity contribution in [1.29, 1.82) is 0 Å². The quantitative estimate of drug-likeness (QED) is 0.411. The molecule has 0 aromatic heterocycles. The summed E-state index contributed by atoms with van der Waals surface area (Å²) in [7, 11) is 0. The fraction of sp³-hybridized carbons (Fsp3) is 0.364. The minimum Gasteiger partial charge on any atom is -0.478 e. The van der Waals surface area contributed by atoms with Crippen LogP contribution in [-0.4, -0.2) is 39.1 Å². The number of fused-ring (bicyclic) bond motifs is 1. The van der Waals surface area contributed by atoms with Crippen molar-refractivity contribution in [3.8, 4) is 0 Å². The van der Waals surface area contributed by atoms with Crippen molar-refractivity contribution in [3.05, 3.63) is 45.5 Å². The molecule has 0 spiro atoms. The third-order valence-corrected chi connectivity index (χ3v) is 5.29. The number of aromatic carboxylic acids is 3. The monoisotopic (exact) mass is 435 g/mol. The Kier molecular flexibility index (Phi) is 8.66. The number of halogens is 1. The number of amides is 1. The van der Waals surface area contributed by atoms with E-state index in [9.17, 15) is 34.5 Å². The van der Waals surface area contributed by atoms with E-state index in [2.05, 4.69) is 6.92 Å². The van der Waals surface area contributed by atoms with Gasteiger partial charge in [0.1, 0.15) is 0 Å². The van der Waals surface area contributed by atoms with E-state index in [0.29, 0.717) is 18.4 Å². The van der Waals surface area contributed by atoms with Gasteiger partial charge in [-0.25, -0.2) is 14.4 Å². The molecule has 31 heavy (non-hydrogen) atoms. The molecule has 168 valence electrons. The first-order chi connectivity index (χ1) is 14.1. The lowest BCUT2D eigenvalue weighted by atomic mass is 9.83. The van der Waals surface area contributed by atoms with Crippen molar-refractivity contribution in [1.82, 2.24) is 0 Å². The number of carbonyl (C=O) groups excluding carboxylic acids is 1. The Morgan fingerprint density at radius 1 is 0.806 bits per heavy atom. The molecule has 1 amide bonds. The number of hydrogen-bond acceptors (Lipinski definition) is 4. The van der Waals surface area contributed by atoms with Crippen molar-refractivity contribution in [3.63, 3.8) is 0 Å². The maximum absolute atomic E-state index is 12.3. The highest BCUT2D eigenvalue weighted by Crippen LogP contribution is 2.36. The van der Waals surface area contributed by atoms with E-state index in [1.807, 2.05) is 0 Å². The summed E-state index contributed by atoms with van der Waals surface area (Å²) in [5.41, 5.74) is 4.92. The molecule has 0 aliphatic rings. The predicted molar refractivity (Wildman–Crippen MR) is 113 cm³/mol. The van der Waals surface area contributed by atoms with Crippen molar-refractivity contribution in [2.24, 2.45) is 5.73 Å². The van der Waals surface area contributed by atoms with Gasteiger partial charge in [-0.2, -0.15) is 0 Å². The Labute approximate surface area is 178 Å². The Morgan fingerprint density at radius 2 is 1.29 bits per heavy atom. The van der Waals surface area contributed by atoms with Gasteiger partial charge in [-0.05, 0) is 43.0 Å². The average Bonchev–Trinajstić information content (AvgIpc) is 2.66. The lowest BCUT2D eigenvalue weighted by Gasteiger charge is -2.20. The van der Waals surface area contributed by atoms with Gasteiger partial charge in [0.2, 0.25) is 5.91 Å². The molecule has 0 heterocycles. The molecule has 0 aliphatic carbocycles. The van der Waals surface area contributed by atoms with Crippen molar-refractivity contribution < 1.29 is 39.2 Å². The van der Waals surface area contributed by atoms with Crippen LogP contribution in [-0.2, 0) is 6.42 Å². The molecule has 2 aromatic carbocycles. The summed E-state index contributed by atoms with van der Waals surface area (Å²) in [5.74, 6) is -5.16. The molecule has 0 unspecified atom stereocenters. The average molecular weight is 435 g/mol. The zero-order valence-corrected chi connectivity index (χ0v) is 17.4. The minimum atomic E-state index is -1.42. The predicted octanol–water partition coefficient (Wildman–Crippen LogP) is 4.01. The second-order valence-electron chi connectivity index (χ2n) is 7.21. The number of carboxylic acids is 3. The van der Waals surface area contributed by atoms with Crippen LogP contribution >= 0.6 is 0 Å². The van der Waals surface area contributed by atoms with Gasteiger partial charge in [0, 0.05) is 10.8 Å². The van der Waals surface area contributed by atoms with E-state index >= 15 is 0 Å². The summed E-state index contributed by atoms with van der Waals surface area (Å²) in [5, 5.41) is 28.6. The number of rotatable bonds is 10. The second kappa shape index (κ2) is 10.5. The summed E-state index contributed by atoms with van der Waals surface area (Å²) in [4.78, 5) is 48.1. The maximum Gasteiger partial charge on any atom is 0.336 e. The van der Waals surface area contributed by atoms with E-state index in [-0.39, 0.29) is 43.3 Å². The zero-order chi connectivity index (χ0) is 22.6. The van der Waals surface area contributed by atoms with Gasteiger partial charge in [-0.1, -0.05) is 32.6 Å². The van der Waals surface area contributed by atoms with Crippen LogP contribution in [0, 0.1) is 6.92 Å². The molecular formula is C22H26FNO7. The minimum absolute atomic E-state index is 0. The van der Waals surface area contributed by atoms with Gasteiger partial charge >= 0.3 is 17.9 Å². The second-order valence-corrected chi connectivity index (χ2v) is 7.21. The Morgan fingerprint density at radius 3 is 1.71 bits per heavy atom. The van der Waals surface area contributed by atoms with Crippen LogP contribution < -0.4 is 5.73 Å². The maximum atomic E-state index is 12.3. The molecule has 8 nitrogen and oxygen atoms in total. The summed E-state index contributed by atoms with van der Waals surface area (Å²) >= 11 is 0. The highest BCUT2D eigenvalue weighted by Gasteiger charge is 2.29. The van der Waals surface area contributed by atoms with E-state index in [0.717, 1.165) is 37.8 Å². The lowest BCUT2D eigenvalue weighted by Crippen LogP contribution is -2.20. The molecule has 0 bridgehead atoms. The topological polar surface area (TPSA) is 155 Å². The number of carboxylic acid groups (broad SMARTS) is 3. The van der Waals surface area contributed by atoms with Gasteiger partial charge in [-0.15, -0.1) is 0 Å². The van der Waals surface area contributed by atoms with Crippen LogP contribution in [0.3, 0.4) is 0 Å². The van der Waals surface area contributed by atoms with E-state index in [1.54, 1.807) is 0 Å². The van der Waals surface area contributed by atoms with Crippen LogP contribution in [0.2, 0.25) is 0 Å². The molecule has 2 rings (SSSR count). The molecule has 0 atom stereocenters.